The van der Waals surface area contributed by atoms with E-state index in [9.17, 15) is 81.0 Å². The zero-order chi connectivity index (χ0) is 68.6. The van der Waals surface area contributed by atoms with E-state index < -0.39 is 95.3 Å². The molecule has 4 heterocycles. The first-order valence-corrected chi connectivity index (χ1v) is 38.9. The zero-order valence-corrected chi connectivity index (χ0v) is 58.1. The number of aliphatic hydroxyl groups excluding tert-OH is 1. The van der Waals surface area contributed by atoms with E-state index in [2.05, 4.69) is 117 Å². The molecule has 4 aliphatic heterocycles. The van der Waals surface area contributed by atoms with Gasteiger partial charge in [0.15, 0.2) is 11.6 Å². The van der Waals surface area contributed by atoms with Crippen LogP contribution in [-0.4, -0.2) is 120 Å². The lowest BCUT2D eigenvalue weighted by molar-refractivity contribution is -0.118. The van der Waals surface area contributed by atoms with Crippen LogP contribution in [0.25, 0.3) is 0 Å². The van der Waals surface area contributed by atoms with Gasteiger partial charge < -0.3 is 64.5 Å². The quantitative estimate of drug-likeness (QED) is 0.0174. The van der Waals surface area contributed by atoms with Crippen molar-refractivity contribution in [1.29, 1.82) is 0 Å². The number of Topliss-reactive ketones (excluding diaryl/α,β-unsaturated/α-hetero) is 2. The topological polar surface area (TPSA) is 420 Å². The Kier molecular flexibility index (Phi) is 26.2. The SMILES string of the molecule is C=C1NC(=O)C(C)=CN1[C@H]1CC(O)[C@@H](COP(=O)(O)OP(=O)(O)OP(=O)(O)OP(=O)(O)OP(=O)(O)OP(=O)(O)OCCCCCCNC(=O)c2cccc3c2C(C)(C)/C(=C\C=C\C2N(CCCC)c4cc(C(=O)CCC)cc(C(=O)CCC)c4C2(C)C)N3CCC)O1. The first kappa shape index (κ1) is 76.9. The van der Waals surface area contributed by atoms with Gasteiger partial charge in [0.2, 0.25) is 0 Å². The van der Waals surface area contributed by atoms with Gasteiger partial charge >= 0.3 is 46.9 Å². The third-order valence-corrected chi connectivity index (χ3v) is 24.7. The molecular weight excluding hydrogens is 1330 g/mol. The molecule has 8 unspecified atom stereocenters. The predicted octanol–water partition coefficient (Wildman–Crippen LogP) is 10.9. The average molecular weight is 1410 g/mol. The van der Waals surface area contributed by atoms with Crippen molar-refractivity contribution in [3.8, 4) is 0 Å². The van der Waals surface area contributed by atoms with Gasteiger partial charge in [-0.2, -0.15) is 21.6 Å². The summed E-state index contributed by atoms with van der Waals surface area (Å²) in [7, 11) is -37.1. The number of nitrogens with zero attached hydrogens (tertiary/aromatic N) is 3. The van der Waals surface area contributed by atoms with Crippen molar-refractivity contribution >= 4 is 81.7 Å². The minimum atomic E-state index is -6.52. The lowest BCUT2D eigenvalue weighted by Gasteiger charge is -2.33. The van der Waals surface area contributed by atoms with Gasteiger partial charge in [0.05, 0.1) is 25.4 Å². The van der Waals surface area contributed by atoms with Gasteiger partial charge in [0.25, 0.3) is 11.8 Å². The van der Waals surface area contributed by atoms with Gasteiger partial charge in [-0.1, -0.05) is 99.4 Å². The third-order valence-electron chi connectivity index (χ3n) is 15.4. The second kappa shape index (κ2) is 31.4. The number of fused-ring (bicyclic) bond motifs is 2. The Hall–Kier alpha value is -4.14. The number of rotatable bonds is 36. The first-order chi connectivity index (χ1) is 42.7. The monoisotopic (exact) mass is 1410 g/mol. The number of anilines is 2. The molecule has 2 aromatic carbocycles. The highest BCUT2D eigenvalue weighted by Gasteiger charge is 2.51. The van der Waals surface area contributed by atoms with Gasteiger partial charge in [-0.25, -0.2) is 27.4 Å². The zero-order valence-electron chi connectivity index (χ0n) is 52.7. The molecule has 2 aromatic rings. The van der Waals surface area contributed by atoms with E-state index in [1.807, 2.05) is 38.1 Å². The Morgan fingerprint density at radius 2 is 1.32 bits per heavy atom. The van der Waals surface area contributed by atoms with Crippen LogP contribution in [0.3, 0.4) is 0 Å². The van der Waals surface area contributed by atoms with E-state index in [1.165, 1.54) is 18.0 Å². The molecule has 9 N–H and O–H groups in total. The Morgan fingerprint density at radius 3 is 1.91 bits per heavy atom. The van der Waals surface area contributed by atoms with Crippen molar-refractivity contribution in [2.24, 2.45) is 0 Å². The highest BCUT2D eigenvalue weighted by atomic mass is 31.3. The summed E-state index contributed by atoms with van der Waals surface area (Å²) in [5.41, 5.74) is 5.35. The van der Waals surface area contributed by atoms with Gasteiger partial charge in [-0.05, 0) is 81.4 Å². The Bertz CT molecular complexity index is 3500. The summed E-state index contributed by atoms with van der Waals surface area (Å²) in [4.78, 5) is 119. The van der Waals surface area contributed by atoms with Crippen LogP contribution in [0.1, 0.15) is 182 Å². The van der Waals surface area contributed by atoms with E-state index in [0.717, 1.165) is 54.0 Å². The summed E-state index contributed by atoms with van der Waals surface area (Å²) < 4.78 is 109. The van der Waals surface area contributed by atoms with Crippen molar-refractivity contribution in [1.82, 2.24) is 15.5 Å². The molecule has 0 bridgehead atoms. The molecule has 4 aliphatic rings. The van der Waals surface area contributed by atoms with Crippen molar-refractivity contribution < 1.29 is 116 Å². The van der Waals surface area contributed by atoms with Crippen LogP contribution in [0.2, 0.25) is 0 Å². The second-order valence-electron chi connectivity index (χ2n) is 23.5. The Labute approximate surface area is 535 Å². The maximum atomic E-state index is 14.0. The average Bonchev–Trinajstić information content (AvgIpc) is 1.58. The number of aliphatic hydroxyl groups is 1. The number of unbranched alkanes of at least 4 members (excludes halogenated alkanes) is 4. The highest BCUT2D eigenvalue weighted by Crippen LogP contribution is 2.75. The maximum absolute atomic E-state index is 14.0. The van der Waals surface area contributed by atoms with E-state index in [4.69, 9.17) is 4.74 Å². The molecule has 0 spiro atoms. The minimum Gasteiger partial charge on any atom is -0.390 e. The van der Waals surface area contributed by atoms with Crippen molar-refractivity contribution in [3.63, 3.8) is 0 Å². The number of phosphoric acid groups is 6. The minimum absolute atomic E-state index is 0.0137. The fraction of sp³-hybridized carbons (Fsp3) is 0.571. The van der Waals surface area contributed by atoms with Crippen molar-refractivity contribution in [3.05, 3.63) is 106 Å². The summed E-state index contributed by atoms with van der Waals surface area (Å²) >= 11 is 0. The molecule has 2 amide bonds. The van der Waals surface area contributed by atoms with Crippen LogP contribution in [-0.2, 0) is 78.4 Å². The summed E-state index contributed by atoms with van der Waals surface area (Å²) in [5, 5.41) is 15.8. The van der Waals surface area contributed by atoms with Crippen molar-refractivity contribution in [2.45, 2.75) is 175 Å². The molecule has 10 atom stereocenters. The lowest BCUT2D eigenvalue weighted by Crippen LogP contribution is -2.42. The van der Waals surface area contributed by atoms with Gasteiger partial charge in [0, 0.05) is 101 Å². The van der Waals surface area contributed by atoms with Crippen LogP contribution >= 0.6 is 46.9 Å². The normalized spacial score (nSPS) is 23.8. The van der Waals surface area contributed by atoms with Gasteiger partial charge in [-0.15, -0.1) is 0 Å². The maximum Gasteiger partial charge on any atom is 0.490 e. The van der Waals surface area contributed by atoms with Gasteiger partial charge in [0.1, 0.15) is 18.2 Å². The second-order valence-corrected chi connectivity index (χ2v) is 32.9. The van der Waals surface area contributed by atoms with E-state index in [0.29, 0.717) is 68.2 Å². The number of hydrogen-bond acceptors (Lipinski definition) is 22. The highest BCUT2D eigenvalue weighted by molar-refractivity contribution is 7.72. The van der Waals surface area contributed by atoms with E-state index >= 15 is 0 Å². The predicted molar refractivity (Wildman–Crippen MR) is 338 cm³/mol. The lowest BCUT2D eigenvalue weighted by atomic mass is 9.76. The van der Waals surface area contributed by atoms with Crippen LogP contribution in [0.5, 0.6) is 0 Å². The Morgan fingerprint density at radius 1 is 0.728 bits per heavy atom. The number of nitrogens with one attached hydrogen (secondary N) is 2. The van der Waals surface area contributed by atoms with Gasteiger partial charge in [-0.3, -0.25) is 28.2 Å². The number of carbonyl (C=O) groups excluding carboxylic acids is 4. The number of hydrogen-bond donors (Lipinski definition) is 9. The van der Waals surface area contributed by atoms with Crippen LogP contribution in [0.15, 0.2) is 78.4 Å². The molecule has 92 heavy (non-hydrogen) atoms. The van der Waals surface area contributed by atoms with Crippen molar-refractivity contribution in [2.75, 3.05) is 42.6 Å². The number of phosphoric ester groups is 2. The molecule has 0 aliphatic carbocycles. The first-order valence-electron chi connectivity index (χ1n) is 30.0. The number of amides is 2. The van der Waals surface area contributed by atoms with E-state index in [1.54, 1.807) is 6.07 Å². The fourth-order valence-electron chi connectivity index (χ4n) is 11.4. The third kappa shape index (κ3) is 19.8. The Balaban J connectivity index is 0.977. The number of allylic oxidation sites excluding steroid dienone is 3. The summed E-state index contributed by atoms with van der Waals surface area (Å²) in [6, 6.07) is 9.24. The molecule has 36 heteroatoms. The van der Waals surface area contributed by atoms with Crippen LogP contribution in [0.4, 0.5) is 11.4 Å². The fourth-order valence-corrected chi connectivity index (χ4v) is 19.2. The molecule has 6 rings (SSSR count). The summed E-state index contributed by atoms with van der Waals surface area (Å²) in [5.74, 6) is -0.671. The summed E-state index contributed by atoms with van der Waals surface area (Å²) in [6.45, 7) is 21.7. The molecular formula is C56H85N5O25P6. The molecule has 30 nitrogen and oxygen atoms in total. The molecule has 0 saturated carbocycles. The number of ether oxygens (including phenoxy) is 1. The standard InChI is InChI=1S/C56H85N5O25P6/c1-11-15-30-60-43-33-39(44(62)22-12-2)32-41(45(63)23-13-3)52(43)56(9,10)49(60)27-21-26-48-55(7,8)51-40(24-20-25-42(51)59(48)29-14-4)54(66)57-28-18-16-17-19-31-79-87(67,68)82-89(71,72)84-91(75,76)86-92(77,78)85-90(73,74)83-88(69,70)80-36-47-46(64)34-50(81-47)61-35-37(5)53(65)58-38(61)6/h20-21,24-27,32-33,35,46-47,49-50,64H,6,11-19,22-23,28-31,34,36H2,1-5,7-10H3,(H,57,66)(H,58,65)(H,67,68)(H,69,70)(H,71,72)(H,73,74)(H,75,76)(H,77,78)/b27-21+,48-26+/t46?,47-,49?,50-/m1/s1. The largest absolute Gasteiger partial charge is 0.490 e. The number of benzene rings is 2. The molecule has 0 aromatic heterocycles. The van der Waals surface area contributed by atoms with E-state index in [-0.39, 0.29) is 54.3 Å². The van der Waals surface area contributed by atoms with Crippen LogP contribution < -0.4 is 20.4 Å². The molecule has 1 fully saturated rings. The smallest absolute Gasteiger partial charge is 0.390 e. The summed E-state index contributed by atoms with van der Waals surface area (Å²) in [6.07, 6.45) is 9.73. The van der Waals surface area contributed by atoms with Crippen LogP contribution in [0, 0.1) is 0 Å². The number of carbonyl (C=O) groups is 4. The number of ketones is 2. The molecule has 0 radical (unpaired) electrons. The molecule has 1 saturated heterocycles. The molecule has 514 valence electrons.